The average molecular weight is 895 g/mol. The monoisotopic (exact) mass is 894 g/mol. The Kier molecular flexibility index (Phi) is 11.6. The molecule has 63 heavy (non-hydrogen) atoms. The van der Waals surface area contributed by atoms with Crippen LogP contribution in [0, 0.1) is 17.3 Å². The molecule has 3 fully saturated rings. The van der Waals surface area contributed by atoms with Crippen molar-refractivity contribution in [1.29, 1.82) is 0 Å². The Hall–Kier alpha value is -4.65. The summed E-state index contributed by atoms with van der Waals surface area (Å²) in [5.41, 5.74) is 8.18. The summed E-state index contributed by atoms with van der Waals surface area (Å²) in [5.74, 6) is -6.83. The number of esters is 1. The number of pyridine rings is 1. The first-order valence-corrected chi connectivity index (χ1v) is 22.7. The predicted octanol–water partition coefficient (Wildman–Crippen LogP) is 6.03. The molecule has 1 aromatic carbocycles. The molecule has 1 aliphatic carbocycles. The van der Waals surface area contributed by atoms with Gasteiger partial charge in [-0.2, -0.15) is 0 Å². The highest BCUT2D eigenvalue weighted by molar-refractivity contribution is 7.10. The van der Waals surface area contributed by atoms with Crippen LogP contribution in [0.5, 0.6) is 0 Å². The minimum atomic E-state index is -3.11. The minimum absolute atomic E-state index is 0.0193. The molecule has 13 nitrogen and oxygen atoms in total. The zero-order valence-electron chi connectivity index (χ0n) is 36.2. The van der Waals surface area contributed by atoms with Gasteiger partial charge in [0.2, 0.25) is 12.3 Å². The highest BCUT2D eigenvalue weighted by Crippen LogP contribution is 2.48. The first kappa shape index (κ1) is 43.6. The normalized spacial score (nSPS) is 25.5. The molecule has 4 aromatic rings. The molecule has 7 heterocycles. The molecule has 18 heteroatoms. The van der Waals surface area contributed by atoms with Gasteiger partial charge in [-0.05, 0) is 69.0 Å². The van der Waals surface area contributed by atoms with Crippen LogP contribution < -0.4 is 15.6 Å². The predicted molar refractivity (Wildman–Crippen MR) is 230 cm³/mol. The van der Waals surface area contributed by atoms with Gasteiger partial charge in [0.05, 0.1) is 58.7 Å². The summed E-state index contributed by atoms with van der Waals surface area (Å²) in [6.07, 6.45) is -0.609. The van der Waals surface area contributed by atoms with E-state index in [0.29, 0.717) is 63.6 Å². The number of amides is 2. The fourth-order valence-corrected chi connectivity index (χ4v) is 10.5. The lowest BCUT2D eigenvalue weighted by Gasteiger charge is -2.35. The van der Waals surface area contributed by atoms with Crippen molar-refractivity contribution in [3.8, 4) is 22.5 Å². The van der Waals surface area contributed by atoms with Crippen LogP contribution in [-0.4, -0.2) is 120 Å². The smallest absolute Gasteiger partial charge is 0.324 e. The van der Waals surface area contributed by atoms with Crippen molar-refractivity contribution in [2.75, 3.05) is 58.4 Å². The lowest BCUT2D eigenvalue weighted by Crippen LogP contribution is -2.60. The van der Waals surface area contributed by atoms with E-state index in [0.717, 1.165) is 42.8 Å². The number of aromatic nitrogens is 3. The zero-order chi connectivity index (χ0) is 44.5. The molecule has 2 amide bonds. The van der Waals surface area contributed by atoms with E-state index in [2.05, 4.69) is 33.7 Å². The number of ether oxygens (including phenoxy) is 2. The third-order valence-corrected chi connectivity index (χ3v) is 14.2. The van der Waals surface area contributed by atoms with E-state index in [1.807, 2.05) is 33.0 Å². The number of methoxy groups -OCH3 is 1. The fourth-order valence-electron chi connectivity index (χ4n) is 9.65. The molecule has 2 saturated heterocycles. The van der Waals surface area contributed by atoms with E-state index in [1.54, 1.807) is 23.1 Å². The summed E-state index contributed by atoms with van der Waals surface area (Å²) in [6.45, 7) is 8.81. The summed E-state index contributed by atoms with van der Waals surface area (Å²) < 4.78 is 73.2. The van der Waals surface area contributed by atoms with Crippen LogP contribution in [0.3, 0.4) is 0 Å². The maximum atomic E-state index is 16.3. The van der Waals surface area contributed by atoms with Gasteiger partial charge in [-0.25, -0.2) is 28.0 Å². The van der Waals surface area contributed by atoms with Gasteiger partial charge in [0.15, 0.2) is 0 Å². The van der Waals surface area contributed by atoms with Gasteiger partial charge in [-0.1, -0.05) is 13.8 Å². The van der Waals surface area contributed by atoms with Gasteiger partial charge in [0.1, 0.15) is 12.1 Å². The number of halogens is 4. The number of cyclic esters (lactones) is 1. The van der Waals surface area contributed by atoms with Crippen molar-refractivity contribution in [3.05, 3.63) is 51.6 Å². The van der Waals surface area contributed by atoms with Crippen LogP contribution in [0.1, 0.15) is 68.0 Å². The topological polar surface area (TPSA) is 134 Å². The first-order valence-electron chi connectivity index (χ1n) is 21.8. The van der Waals surface area contributed by atoms with Crippen LogP contribution in [0.2, 0.25) is 0 Å². The van der Waals surface area contributed by atoms with E-state index < -0.39 is 78.5 Å². The molecule has 338 valence electrons. The number of carbonyl (C=O) groups excluding carboxylic acids is 3. The fraction of sp³-hybridized carbons (Fsp3) is 0.578. The molecule has 1 saturated carbocycles. The molecule has 2 N–H and O–H groups in total. The number of nitrogens with zero attached hydrogens (tertiary/aromatic N) is 6. The maximum absolute atomic E-state index is 16.3. The molecule has 6 bridgehead atoms. The number of anilines is 1. The van der Waals surface area contributed by atoms with E-state index in [-0.39, 0.29) is 26.0 Å². The van der Waals surface area contributed by atoms with Crippen molar-refractivity contribution in [2.45, 2.75) is 96.4 Å². The molecule has 0 unspecified atom stereocenters. The third-order valence-electron chi connectivity index (χ3n) is 13.3. The quantitative estimate of drug-likeness (QED) is 0.168. The van der Waals surface area contributed by atoms with Crippen molar-refractivity contribution in [1.82, 2.24) is 35.2 Å². The Bertz CT molecular complexity index is 2430. The average Bonchev–Trinajstić information content (AvgIpc) is 3.85. The first-order chi connectivity index (χ1) is 30.0. The molecule has 4 aliphatic heterocycles. The number of hydrogen-bond donors (Lipinski definition) is 2. The van der Waals surface area contributed by atoms with Gasteiger partial charge in [-0.15, -0.1) is 11.3 Å². The van der Waals surface area contributed by atoms with E-state index >= 15 is 8.78 Å². The summed E-state index contributed by atoms with van der Waals surface area (Å²) in [4.78, 5) is 55.7. The number of rotatable bonds is 7. The second-order valence-corrected chi connectivity index (χ2v) is 19.7. The van der Waals surface area contributed by atoms with Gasteiger partial charge >= 0.3 is 5.97 Å². The van der Waals surface area contributed by atoms with Crippen molar-refractivity contribution >= 4 is 45.7 Å². The van der Waals surface area contributed by atoms with E-state index in [1.165, 1.54) is 16.3 Å². The second kappa shape index (κ2) is 16.7. The largest absolute Gasteiger partial charge is 0.464 e. The number of hydrazine groups is 1. The number of hydrogen-bond acceptors (Lipinski definition) is 11. The lowest BCUT2D eigenvalue weighted by molar-refractivity contribution is -0.155. The Balaban J connectivity index is 1.20. The van der Waals surface area contributed by atoms with Crippen LogP contribution in [0.15, 0.2) is 29.8 Å². The Labute approximate surface area is 367 Å². The molecule has 0 radical (unpaired) electrons. The Morgan fingerprint density at radius 3 is 2.60 bits per heavy atom. The van der Waals surface area contributed by atoms with Crippen molar-refractivity contribution in [3.63, 3.8) is 0 Å². The second-order valence-electron chi connectivity index (χ2n) is 18.8. The van der Waals surface area contributed by atoms with Gasteiger partial charge in [0, 0.05) is 91.8 Å². The zero-order valence-corrected chi connectivity index (χ0v) is 37.0. The van der Waals surface area contributed by atoms with Gasteiger partial charge < -0.3 is 29.2 Å². The Morgan fingerprint density at radius 1 is 1.10 bits per heavy atom. The summed E-state index contributed by atoms with van der Waals surface area (Å²) in [6, 6.07) is 3.76. The van der Waals surface area contributed by atoms with E-state index in [4.69, 9.17) is 19.4 Å². The SMILES string of the molecule is CO[C@@H](C)c1ncc(N2CCN(C)CC2)cc1-c1c2c3cc(cc4c3n1CC(F)(F)C4)-c1csc(n1)C[C@H](NC(=O)[C@H]1C[C@@H]1C(F)F)C(=O)N1CCC[C@H](N1)C(=O)OCC(C)(C)C2. The molecule has 9 rings (SSSR count). The molecule has 5 aliphatic rings. The molecule has 0 spiro atoms. The van der Waals surface area contributed by atoms with Crippen LogP contribution in [-0.2, 0) is 49.7 Å². The van der Waals surface area contributed by atoms with E-state index in [9.17, 15) is 23.2 Å². The highest BCUT2D eigenvalue weighted by atomic mass is 32.1. The number of likely N-dealkylation sites (N-methyl/N-ethyl adjacent to an activating group) is 1. The third kappa shape index (κ3) is 8.67. The lowest BCUT2D eigenvalue weighted by atomic mass is 9.84. The van der Waals surface area contributed by atoms with Crippen LogP contribution in [0.25, 0.3) is 33.4 Å². The highest BCUT2D eigenvalue weighted by Gasteiger charge is 2.50. The molecular weight excluding hydrogens is 841 g/mol. The van der Waals surface area contributed by atoms with Crippen LogP contribution in [0.4, 0.5) is 23.2 Å². The van der Waals surface area contributed by atoms with Crippen molar-refractivity contribution in [2.24, 2.45) is 17.3 Å². The number of thiazole rings is 1. The van der Waals surface area contributed by atoms with Crippen LogP contribution >= 0.6 is 11.3 Å². The molecule has 3 aromatic heterocycles. The number of alkyl halides is 4. The number of nitrogens with one attached hydrogen (secondary N) is 2. The van der Waals surface area contributed by atoms with Gasteiger partial charge in [0.25, 0.3) is 11.8 Å². The molecular formula is C45H54F4N8O5S. The molecule has 5 atom stereocenters. The number of benzene rings is 1. The Morgan fingerprint density at radius 2 is 1.87 bits per heavy atom. The summed E-state index contributed by atoms with van der Waals surface area (Å²) in [7, 11) is 3.69. The number of carbonyl (C=O) groups is 3. The maximum Gasteiger partial charge on any atom is 0.324 e. The standard InChI is InChI=1S/C45H54F4N8O5S/c1-24(61-5)37-31(15-27(20-50-37)55-11-9-54(4)10-12-55)39-32-19-44(2,3)23-62-43(60)33-7-6-8-57(53-33)42(59)34(52-41(58)30-16-29(30)40(46)47)17-36-51-35(21-63-36)25-13-26-18-45(48,49)22-56(39)38(26)28(32)14-25/h13-15,20-21,24,29-30,33-34,40,53H,6-12,16-19,22-23H2,1-5H3,(H,52,58)/t24-,29-,30-,33-,34-/m0/s1. The number of fused-ring (bicyclic) bond motifs is 6. The van der Waals surface area contributed by atoms with Crippen molar-refractivity contribution < 1.29 is 41.4 Å². The summed E-state index contributed by atoms with van der Waals surface area (Å²) in [5, 5.41) is 7.08. The summed E-state index contributed by atoms with van der Waals surface area (Å²) >= 11 is 1.25. The minimum Gasteiger partial charge on any atom is -0.464 e. The number of piperazine rings is 1. The van der Waals surface area contributed by atoms with Gasteiger partial charge in [-0.3, -0.25) is 24.4 Å².